The van der Waals surface area contributed by atoms with Gasteiger partial charge in [0.25, 0.3) is 0 Å². The molecule has 1 atom stereocenters. The number of alkyl carbamates (subject to hydrolysis) is 1. The number of likely N-dealkylation sites (N-methyl/N-ethyl adjacent to an activating group) is 1. The maximum Gasteiger partial charge on any atom is 0.408 e. The molecule has 0 spiro atoms. The predicted octanol–water partition coefficient (Wildman–Crippen LogP) is 1.66. The van der Waals surface area contributed by atoms with Crippen molar-refractivity contribution in [2.24, 2.45) is 10.7 Å². The standard InChI is InChI=1S/C24H37N5O6/c1-5-28(6-2)15-16-34-22(32)21(27-24(33)35-17-20-11-8-7-9-12-20)13-10-14-26-23(25)29(18(3)30)19(4)31/h7-9,11-12,21H,5-6,10,13-17H2,1-4H3,(H2,25,26)(H,27,33)/t21-/m0/s1. The van der Waals surface area contributed by atoms with Crippen LogP contribution < -0.4 is 11.1 Å². The summed E-state index contributed by atoms with van der Waals surface area (Å²) < 4.78 is 10.6. The van der Waals surface area contributed by atoms with Crippen molar-refractivity contribution in [3.05, 3.63) is 35.9 Å². The largest absolute Gasteiger partial charge is 0.463 e. The van der Waals surface area contributed by atoms with E-state index in [0.717, 1.165) is 23.6 Å². The average Bonchev–Trinajstić information content (AvgIpc) is 2.82. The molecule has 0 aliphatic carbocycles. The third-order valence-corrected chi connectivity index (χ3v) is 5.12. The summed E-state index contributed by atoms with van der Waals surface area (Å²) in [7, 11) is 0. The number of benzene rings is 1. The van der Waals surface area contributed by atoms with Gasteiger partial charge >= 0.3 is 12.1 Å². The highest BCUT2D eigenvalue weighted by molar-refractivity contribution is 6.10. The molecule has 1 rings (SSSR count). The van der Waals surface area contributed by atoms with Crippen LogP contribution >= 0.6 is 0 Å². The van der Waals surface area contributed by atoms with Crippen LogP contribution in [0.2, 0.25) is 0 Å². The van der Waals surface area contributed by atoms with Gasteiger partial charge in [0, 0.05) is 26.9 Å². The number of rotatable bonds is 13. The van der Waals surface area contributed by atoms with Gasteiger partial charge in [-0.15, -0.1) is 0 Å². The Morgan fingerprint density at radius 3 is 2.23 bits per heavy atom. The smallest absolute Gasteiger partial charge is 0.408 e. The van der Waals surface area contributed by atoms with Gasteiger partial charge in [0.05, 0.1) is 0 Å². The fourth-order valence-corrected chi connectivity index (χ4v) is 3.18. The Hall–Kier alpha value is -3.47. The van der Waals surface area contributed by atoms with Crippen LogP contribution in [0.4, 0.5) is 4.79 Å². The van der Waals surface area contributed by atoms with Crippen molar-refractivity contribution in [1.82, 2.24) is 15.1 Å². The van der Waals surface area contributed by atoms with Gasteiger partial charge in [-0.2, -0.15) is 0 Å². The second-order valence-electron chi connectivity index (χ2n) is 7.71. The van der Waals surface area contributed by atoms with Crippen molar-refractivity contribution in [2.75, 3.05) is 32.8 Å². The second-order valence-corrected chi connectivity index (χ2v) is 7.71. The highest BCUT2D eigenvalue weighted by atomic mass is 16.6. The number of hydrogen-bond donors (Lipinski definition) is 2. The molecule has 1 aromatic carbocycles. The Morgan fingerprint density at radius 2 is 1.66 bits per heavy atom. The van der Waals surface area contributed by atoms with Crippen LogP contribution in [-0.2, 0) is 30.5 Å². The minimum Gasteiger partial charge on any atom is -0.463 e. The third kappa shape index (κ3) is 11.5. The molecule has 0 saturated carbocycles. The fraction of sp³-hybridized carbons (Fsp3) is 0.542. The first-order valence-electron chi connectivity index (χ1n) is 11.7. The fourth-order valence-electron chi connectivity index (χ4n) is 3.18. The van der Waals surface area contributed by atoms with Crippen molar-refractivity contribution in [3.63, 3.8) is 0 Å². The number of nitrogens with zero attached hydrogens (tertiary/aromatic N) is 3. The monoisotopic (exact) mass is 491 g/mol. The van der Waals surface area contributed by atoms with Gasteiger partial charge in [0.1, 0.15) is 19.3 Å². The molecule has 0 heterocycles. The van der Waals surface area contributed by atoms with Crippen LogP contribution in [0.3, 0.4) is 0 Å². The first-order chi connectivity index (χ1) is 16.7. The van der Waals surface area contributed by atoms with E-state index in [1.54, 1.807) is 0 Å². The van der Waals surface area contributed by atoms with Crippen molar-refractivity contribution < 1.29 is 28.7 Å². The Bertz CT molecular complexity index is 843. The summed E-state index contributed by atoms with van der Waals surface area (Å²) in [5.41, 5.74) is 6.55. The molecule has 0 aliphatic rings. The molecule has 3 N–H and O–H groups in total. The molecule has 0 aliphatic heterocycles. The van der Waals surface area contributed by atoms with Gasteiger partial charge in [0.15, 0.2) is 0 Å². The summed E-state index contributed by atoms with van der Waals surface area (Å²) in [5, 5.41) is 2.55. The third-order valence-electron chi connectivity index (χ3n) is 5.12. The molecule has 35 heavy (non-hydrogen) atoms. The normalized spacial score (nSPS) is 12.1. The molecule has 0 radical (unpaired) electrons. The van der Waals surface area contributed by atoms with Crippen LogP contribution in [0.5, 0.6) is 0 Å². The van der Waals surface area contributed by atoms with E-state index < -0.39 is 29.9 Å². The molecule has 11 nitrogen and oxygen atoms in total. The van der Waals surface area contributed by atoms with Crippen LogP contribution in [0.15, 0.2) is 35.3 Å². The molecular weight excluding hydrogens is 454 g/mol. The summed E-state index contributed by atoms with van der Waals surface area (Å²) in [6.45, 7) is 9.07. The predicted molar refractivity (Wildman–Crippen MR) is 131 cm³/mol. The van der Waals surface area contributed by atoms with Crippen molar-refractivity contribution in [1.29, 1.82) is 0 Å². The Kier molecular flexibility index (Phi) is 13.7. The Balaban J connectivity index is 2.71. The lowest BCUT2D eigenvalue weighted by Gasteiger charge is -2.20. The maximum absolute atomic E-state index is 12.7. The Morgan fingerprint density at radius 1 is 1.03 bits per heavy atom. The van der Waals surface area contributed by atoms with Gasteiger partial charge in [0.2, 0.25) is 17.8 Å². The van der Waals surface area contributed by atoms with Crippen LogP contribution in [0, 0.1) is 0 Å². The minimum absolute atomic E-state index is 0.0587. The van der Waals surface area contributed by atoms with E-state index in [1.807, 2.05) is 44.2 Å². The van der Waals surface area contributed by atoms with E-state index >= 15 is 0 Å². The molecule has 0 fully saturated rings. The molecule has 0 unspecified atom stereocenters. The lowest BCUT2D eigenvalue weighted by atomic mass is 10.1. The summed E-state index contributed by atoms with van der Waals surface area (Å²) in [4.78, 5) is 55.0. The summed E-state index contributed by atoms with van der Waals surface area (Å²) in [6, 6.07) is 8.20. The highest BCUT2D eigenvalue weighted by Gasteiger charge is 2.23. The van der Waals surface area contributed by atoms with E-state index in [2.05, 4.69) is 15.2 Å². The van der Waals surface area contributed by atoms with E-state index in [-0.39, 0.29) is 32.1 Å². The quantitative estimate of drug-likeness (QED) is 0.183. The average molecular weight is 492 g/mol. The summed E-state index contributed by atoms with van der Waals surface area (Å²) in [5.74, 6) is -1.90. The number of aliphatic imine (C=N–C) groups is 1. The van der Waals surface area contributed by atoms with Gasteiger partial charge in [-0.05, 0) is 31.5 Å². The van der Waals surface area contributed by atoms with Crippen molar-refractivity contribution in [2.45, 2.75) is 53.2 Å². The number of guanidine groups is 1. The number of carbonyl (C=O) groups excluding carboxylic acids is 4. The molecule has 0 bridgehead atoms. The van der Waals surface area contributed by atoms with Crippen LogP contribution in [0.1, 0.15) is 46.1 Å². The first kappa shape index (κ1) is 29.6. The molecule has 1 aromatic rings. The second kappa shape index (κ2) is 16.2. The lowest BCUT2D eigenvalue weighted by molar-refractivity contribution is -0.146. The molecule has 194 valence electrons. The molecule has 3 amide bonds. The van der Waals surface area contributed by atoms with Crippen LogP contribution in [0.25, 0.3) is 0 Å². The van der Waals surface area contributed by atoms with E-state index in [1.165, 1.54) is 13.8 Å². The number of imide groups is 1. The number of esters is 1. The molecule has 11 heteroatoms. The van der Waals surface area contributed by atoms with E-state index in [0.29, 0.717) is 13.0 Å². The SMILES string of the molecule is CCN(CC)CCOC(=O)[C@H](CCCN=C(N)N(C(C)=O)C(C)=O)NC(=O)OCc1ccccc1. The van der Waals surface area contributed by atoms with E-state index in [4.69, 9.17) is 15.2 Å². The summed E-state index contributed by atoms with van der Waals surface area (Å²) in [6.07, 6.45) is -0.220. The minimum atomic E-state index is -0.955. The maximum atomic E-state index is 12.7. The highest BCUT2D eigenvalue weighted by Crippen LogP contribution is 2.05. The topological polar surface area (TPSA) is 144 Å². The van der Waals surface area contributed by atoms with Gasteiger partial charge in [-0.1, -0.05) is 44.2 Å². The number of amides is 3. The number of nitrogens with one attached hydrogen (secondary N) is 1. The van der Waals surface area contributed by atoms with Crippen molar-refractivity contribution in [3.8, 4) is 0 Å². The van der Waals surface area contributed by atoms with Gasteiger partial charge in [-0.3, -0.25) is 14.6 Å². The number of nitrogens with two attached hydrogens (primary N) is 1. The lowest BCUT2D eigenvalue weighted by Crippen LogP contribution is -2.44. The summed E-state index contributed by atoms with van der Waals surface area (Å²) >= 11 is 0. The van der Waals surface area contributed by atoms with Crippen LogP contribution in [-0.4, -0.2) is 78.5 Å². The first-order valence-corrected chi connectivity index (χ1v) is 11.7. The Labute approximate surface area is 206 Å². The molecule has 0 saturated heterocycles. The number of ether oxygens (including phenoxy) is 2. The van der Waals surface area contributed by atoms with Gasteiger partial charge in [-0.25, -0.2) is 14.5 Å². The van der Waals surface area contributed by atoms with E-state index in [9.17, 15) is 19.2 Å². The van der Waals surface area contributed by atoms with Gasteiger partial charge < -0.3 is 25.4 Å². The zero-order valence-electron chi connectivity index (χ0n) is 21.0. The molecule has 0 aromatic heterocycles. The van der Waals surface area contributed by atoms with Crippen molar-refractivity contribution >= 4 is 29.8 Å². The zero-order valence-corrected chi connectivity index (χ0v) is 21.0. The number of hydrogen-bond acceptors (Lipinski definition) is 8. The zero-order chi connectivity index (χ0) is 26.2. The number of carbonyl (C=O) groups is 4. The molecular formula is C24H37N5O6.